The lowest BCUT2D eigenvalue weighted by Gasteiger charge is -2.30. The topological polar surface area (TPSA) is 44.4 Å². The van der Waals surface area contributed by atoms with Gasteiger partial charge in [0.25, 0.3) is 0 Å². The lowest BCUT2D eigenvalue weighted by Crippen LogP contribution is -2.40. The minimum atomic E-state index is -0.113. The summed E-state index contributed by atoms with van der Waals surface area (Å²) < 4.78 is 0. The van der Waals surface area contributed by atoms with Crippen molar-refractivity contribution in [1.82, 2.24) is 10.2 Å². The van der Waals surface area contributed by atoms with Gasteiger partial charge in [0.15, 0.2) is 0 Å². The summed E-state index contributed by atoms with van der Waals surface area (Å²) >= 11 is 0. The molecule has 4 nitrogen and oxygen atoms in total. The highest BCUT2D eigenvalue weighted by Crippen LogP contribution is 2.19. The predicted molar refractivity (Wildman–Crippen MR) is 87.8 cm³/mol. The normalized spacial score (nSPS) is 16.7. The maximum Gasteiger partial charge on any atom is 0.319 e. The summed E-state index contributed by atoms with van der Waals surface area (Å²) in [7, 11) is 0. The SMILES string of the molecule is Cc1cccc(C)c1NC(=O)NCCN1CCC(C)CC1. The number of urea groups is 1. The lowest BCUT2D eigenvalue weighted by atomic mass is 9.99. The summed E-state index contributed by atoms with van der Waals surface area (Å²) in [6.45, 7) is 10.3. The van der Waals surface area contributed by atoms with Gasteiger partial charge < -0.3 is 15.5 Å². The molecule has 4 heteroatoms. The second-order valence-corrected chi connectivity index (χ2v) is 6.17. The molecule has 1 aromatic carbocycles. The van der Waals surface area contributed by atoms with Crippen molar-refractivity contribution < 1.29 is 4.79 Å². The van der Waals surface area contributed by atoms with Crippen LogP contribution in [0, 0.1) is 19.8 Å². The van der Waals surface area contributed by atoms with Crippen LogP contribution in [-0.4, -0.2) is 37.1 Å². The Morgan fingerprint density at radius 1 is 1.24 bits per heavy atom. The van der Waals surface area contributed by atoms with Crippen LogP contribution >= 0.6 is 0 Å². The zero-order chi connectivity index (χ0) is 15.2. The molecule has 0 bridgehead atoms. The minimum Gasteiger partial charge on any atom is -0.337 e. The molecule has 21 heavy (non-hydrogen) atoms. The van der Waals surface area contributed by atoms with Crippen LogP contribution in [0.2, 0.25) is 0 Å². The van der Waals surface area contributed by atoms with Crippen LogP contribution in [0.25, 0.3) is 0 Å². The third-order valence-electron chi connectivity index (χ3n) is 4.31. The number of nitrogens with one attached hydrogen (secondary N) is 2. The number of carbonyl (C=O) groups excluding carboxylic acids is 1. The van der Waals surface area contributed by atoms with E-state index in [0.717, 1.165) is 42.4 Å². The van der Waals surface area contributed by atoms with Gasteiger partial charge >= 0.3 is 6.03 Å². The Balaban J connectivity index is 1.73. The van der Waals surface area contributed by atoms with Gasteiger partial charge in [-0.2, -0.15) is 0 Å². The van der Waals surface area contributed by atoms with E-state index < -0.39 is 0 Å². The first-order valence-electron chi connectivity index (χ1n) is 7.89. The molecule has 0 aromatic heterocycles. The van der Waals surface area contributed by atoms with E-state index in [4.69, 9.17) is 0 Å². The molecule has 1 aliphatic heterocycles. The average Bonchev–Trinajstić information content (AvgIpc) is 2.45. The third-order valence-corrected chi connectivity index (χ3v) is 4.31. The highest BCUT2D eigenvalue weighted by Gasteiger charge is 2.15. The zero-order valence-electron chi connectivity index (χ0n) is 13.4. The van der Waals surface area contributed by atoms with E-state index in [1.165, 1.54) is 12.8 Å². The number of likely N-dealkylation sites (tertiary alicyclic amines) is 1. The Kier molecular flexibility index (Phi) is 5.62. The van der Waals surface area contributed by atoms with Gasteiger partial charge in [-0.05, 0) is 56.8 Å². The number of hydrogen-bond donors (Lipinski definition) is 2. The van der Waals surface area contributed by atoms with Crippen molar-refractivity contribution in [3.8, 4) is 0 Å². The number of nitrogens with zero attached hydrogens (tertiary/aromatic N) is 1. The van der Waals surface area contributed by atoms with Crippen LogP contribution in [0.1, 0.15) is 30.9 Å². The maximum absolute atomic E-state index is 12.0. The third kappa shape index (κ3) is 4.74. The van der Waals surface area contributed by atoms with Crippen LogP contribution in [-0.2, 0) is 0 Å². The maximum atomic E-state index is 12.0. The molecule has 1 aliphatic rings. The molecule has 2 amide bonds. The molecule has 0 spiro atoms. The summed E-state index contributed by atoms with van der Waals surface area (Å²) in [4.78, 5) is 14.4. The molecule has 1 fully saturated rings. The highest BCUT2D eigenvalue weighted by molar-refractivity contribution is 5.90. The van der Waals surface area contributed by atoms with Gasteiger partial charge in [0.1, 0.15) is 0 Å². The fourth-order valence-corrected chi connectivity index (χ4v) is 2.78. The highest BCUT2D eigenvalue weighted by atomic mass is 16.2. The van der Waals surface area contributed by atoms with Crippen LogP contribution in [0.5, 0.6) is 0 Å². The van der Waals surface area contributed by atoms with Crippen LogP contribution in [0.15, 0.2) is 18.2 Å². The van der Waals surface area contributed by atoms with Gasteiger partial charge in [0, 0.05) is 18.8 Å². The number of anilines is 1. The van der Waals surface area contributed by atoms with Crippen molar-refractivity contribution in [1.29, 1.82) is 0 Å². The Labute approximate surface area is 127 Å². The average molecular weight is 289 g/mol. The molecule has 2 N–H and O–H groups in total. The number of aryl methyl sites for hydroxylation is 2. The molecule has 0 unspecified atom stereocenters. The lowest BCUT2D eigenvalue weighted by molar-refractivity contribution is 0.192. The van der Waals surface area contributed by atoms with E-state index in [1.807, 2.05) is 32.0 Å². The summed E-state index contributed by atoms with van der Waals surface area (Å²) in [5, 5.41) is 5.91. The summed E-state index contributed by atoms with van der Waals surface area (Å²) in [6, 6.07) is 5.91. The molecule has 1 heterocycles. The number of carbonyl (C=O) groups is 1. The first kappa shape index (κ1) is 15.8. The summed E-state index contributed by atoms with van der Waals surface area (Å²) in [6.07, 6.45) is 2.54. The van der Waals surface area contributed by atoms with Crippen molar-refractivity contribution in [2.75, 3.05) is 31.5 Å². The van der Waals surface area contributed by atoms with Crippen LogP contribution < -0.4 is 10.6 Å². The molecule has 116 valence electrons. The molecule has 1 saturated heterocycles. The number of para-hydroxylation sites is 1. The molecule has 0 saturated carbocycles. The van der Waals surface area contributed by atoms with E-state index in [-0.39, 0.29) is 6.03 Å². The second-order valence-electron chi connectivity index (χ2n) is 6.17. The van der Waals surface area contributed by atoms with E-state index in [0.29, 0.717) is 6.54 Å². The van der Waals surface area contributed by atoms with E-state index in [1.54, 1.807) is 0 Å². The monoisotopic (exact) mass is 289 g/mol. The van der Waals surface area contributed by atoms with Crippen molar-refractivity contribution >= 4 is 11.7 Å². The van der Waals surface area contributed by atoms with E-state index in [2.05, 4.69) is 22.5 Å². The molecule has 0 radical (unpaired) electrons. The van der Waals surface area contributed by atoms with Crippen molar-refractivity contribution in [2.24, 2.45) is 5.92 Å². The number of amides is 2. The Hall–Kier alpha value is -1.55. The van der Waals surface area contributed by atoms with Gasteiger partial charge in [-0.1, -0.05) is 25.1 Å². The van der Waals surface area contributed by atoms with E-state index >= 15 is 0 Å². The van der Waals surface area contributed by atoms with Gasteiger partial charge in [-0.15, -0.1) is 0 Å². The minimum absolute atomic E-state index is 0.113. The fraction of sp³-hybridized carbons (Fsp3) is 0.588. The Bertz CT molecular complexity index is 459. The predicted octanol–water partition coefficient (Wildman–Crippen LogP) is 3.16. The molecular weight excluding hydrogens is 262 g/mol. The van der Waals surface area contributed by atoms with Gasteiger partial charge in [-0.25, -0.2) is 4.79 Å². The quantitative estimate of drug-likeness (QED) is 0.894. The van der Waals surface area contributed by atoms with Crippen molar-refractivity contribution in [2.45, 2.75) is 33.6 Å². The van der Waals surface area contributed by atoms with Gasteiger partial charge in [0.05, 0.1) is 0 Å². The first-order valence-corrected chi connectivity index (χ1v) is 7.89. The van der Waals surface area contributed by atoms with Crippen molar-refractivity contribution in [3.63, 3.8) is 0 Å². The Morgan fingerprint density at radius 3 is 2.48 bits per heavy atom. The number of benzene rings is 1. The van der Waals surface area contributed by atoms with Crippen molar-refractivity contribution in [3.05, 3.63) is 29.3 Å². The number of hydrogen-bond acceptors (Lipinski definition) is 2. The molecular formula is C17H27N3O. The first-order chi connectivity index (χ1) is 10.1. The summed E-state index contributed by atoms with van der Waals surface area (Å²) in [5.41, 5.74) is 3.10. The Morgan fingerprint density at radius 2 is 1.86 bits per heavy atom. The molecule has 2 rings (SSSR count). The smallest absolute Gasteiger partial charge is 0.319 e. The number of rotatable bonds is 4. The van der Waals surface area contributed by atoms with Crippen LogP contribution in [0.3, 0.4) is 0 Å². The van der Waals surface area contributed by atoms with Gasteiger partial charge in [0.2, 0.25) is 0 Å². The fourth-order valence-electron chi connectivity index (χ4n) is 2.78. The number of piperidine rings is 1. The standard InChI is InChI=1S/C17H27N3O/c1-13-7-10-20(11-8-13)12-9-18-17(21)19-16-14(2)5-4-6-15(16)3/h4-6,13H,7-12H2,1-3H3,(H2,18,19,21). The molecule has 0 aliphatic carbocycles. The van der Waals surface area contributed by atoms with Gasteiger partial charge in [-0.3, -0.25) is 0 Å². The molecule has 0 atom stereocenters. The van der Waals surface area contributed by atoms with E-state index in [9.17, 15) is 4.79 Å². The largest absolute Gasteiger partial charge is 0.337 e. The second kappa shape index (κ2) is 7.46. The molecule has 1 aromatic rings. The summed E-state index contributed by atoms with van der Waals surface area (Å²) in [5.74, 6) is 0.849. The van der Waals surface area contributed by atoms with Crippen LogP contribution in [0.4, 0.5) is 10.5 Å². The zero-order valence-corrected chi connectivity index (χ0v) is 13.4.